The molecule has 2 rings (SSSR count). The molecule has 1 fully saturated rings. The maximum atomic E-state index is 13.8. The molecule has 0 saturated heterocycles. The predicted octanol–water partition coefficient (Wildman–Crippen LogP) is 2.83. The number of nitro groups is 1. The lowest BCUT2D eigenvalue weighted by Crippen LogP contribution is -2.40. The van der Waals surface area contributed by atoms with Crippen molar-refractivity contribution in [2.45, 2.75) is 32.2 Å². The molecular weight excluding hydrogens is 280 g/mol. The van der Waals surface area contributed by atoms with E-state index in [4.69, 9.17) is 5.73 Å². The fourth-order valence-electron chi connectivity index (χ4n) is 3.24. The predicted molar refractivity (Wildman–Crippen MR) is 76.2 cm³/mol. The number of nitrogens with zero attached hydrogens (tertiary/aromatic N) is 2. The highest BCUT2D eigenvalue weighted by Gasteiger charge is 2.35. The molecule has 5 nitrogen and oxygen atoms in total. The van der Waals surface area contributed by atoms with Gasteiger partial charge in [-0.1, -0.05) is 6.42 Å². The Morgan fingerprint density at radius 2 is 2.14 bits per heavy atom. The Morgan fingerprint density at radius 3 is 2.71 bits per heavy atom. The molecule has 1 saturated carbocycles. The molecule has 1 aliphatic rings. The van der Waals surface area contributed by atoms with Crippen molar-refractivity contribution < 1.29 is 13.7 Å². The fourth-order valence-corrected chi connectivity index (χ4v) is 3.24. The summed E-state index contributed by atoms with van der Waals surface area (Å²) in [6.45, 7) is 2.72. The number of hydrogen-bond donors (Lipinski definition) is 1. The Labute approximate surface area is 121 Å². The SMILES string of the molecule is CCN(c1cc(F)cc(F)c1[N+](=O)[O-])C1CCCC1CN. The third-order valence-corrected chi connectivity index (χ3v) is 4.16. The molecule has 0 aromatic heterocycles. The highest BCUT2D eigenvalue weighted by Crippen LogP contribution is 2.38. The molecule has 0 amide bonds. The highest BCUT2D eigenvalue weighted by molar-refractivity contribution is 5.64. The second-order valence-corrected chi connectivity index (χ2v) is 5.29. The molecule has 0 aliphatic heterocycles. The number of benzene rings is 1. The molecule has 0 heterocycles. The van der Waals surface area contributed by atoms with Crippen LogP contribution in [0.2, 0.25) is 0 Å². The van der Waals surface area contributed by atoms with Gasteiger partial charge in [0.05, 0.1) is 4.92 Å². The van der Waals surface area contributed by atoms with Crippen molar-refractivity contribution in [1.82, 2.24) is 0 Å². The molecule has 0 bridgehead atoms. The minimum atomic E-state index is -1.14. The van der Waals surface area contributed by atoms with Crippen molar-refractivity contribution in [2.24, 2.45) is 11.7 Å². The quantitative estimate of drug-likeness (QED) is 0.670. The van der Waals surface area contributed by atoms with Gasteiger partial charge in [-0.15, -0.1) is 0 Å². The van der Waals surface area contributed by atoms with Crippen LogP contribution in [0.1, 0.15) is 26.2 Å². The van der Waals surface area contributed by atoms with E-state index in [9.17, 15) is 18.9 Å². The molecule has 0 radical (unpaired) electrons. The molecular formula is C14H19F2N3O2. The molecule has 2 atom stereocenters. The molecule has 2 unspecified atom stereocenters. The van der Waals surface area contributed by atoms with Gasteiger partial charge in [0.1, 0.15) is 11.5 Å². The molecule has 7 heteroatoms. The van der Waals surface area contributed by atoms with E-state index < -0.39 is 22.2 Å². The molecule has 1 aromatic rings. The van der Waals surface area contributed by atoms with E-state index >= 15 is 0 Å². The summed E-state index contributed by atoms with van der Waals surface area (Å²) in [5.41, 5.74) is 5.08. The molecule has 1 aromatic carbocycles. The van der Waals surface area contributed by atoms with E-state index in [1.165, 1.54) is 0 Å². The van der Waals surface area contributed by atoms with Gasteiger partial charge in [-0.3, -0.25) is 10.1 Å². The lowest BCUT2D eigenvalue weighted by molar-refractivity contribution is -0.386. The first-order valence-corrected chi connectivity index (χ1v) is 7.09. The summed E-state index contributed by atoms with van der Waals surface area (Å²) < 4.78 is 27.3. The van der Waals surface area contributed by atoms with Crippen LogP contribution in [0, 0.1) is 27.7 Å². The summed E-state index contributed by atoms with van der Waals surface area (Å²) >= 11 is 0. The van der Waals surface area contributed by atoms with Gasteiger partial charge in [0.2, 0.25) is 5.82 Å². The molecule has 0 spiro atoms. The summed E-state index contributed by atoms with van der Waals surface area (Å²) in [7, 11) is 0. The minimum absolute atomic E-state index is 0.00495. The molecule has 1 aliphatic carbocycles. The summed E-state index contributed by atoms with van der Waals surface area (Å²) in [6, 6.07) is 1.57. The van der Waals surface area contributed by atoms with Crippen molar-refractivity contribution >= 4 is 11.4 Å². The minimum Gasteiger partial charge on any atom is -0.363 e. The van der Waals surface area contributed by atoms with Crippen molar-refractivity contribution in [1.29, 1.82) is 0 Å². The van der Waals surface area contributed by atoms with Crippen LogP contribution in [0.5, 0.6) is 0 Å². The maximum Gasteiger partial charge on any atom is 0.328 e. The topological polar surface area (TPSA) is 72.4 Å². The van der Waals surface area contributed by atoms with Gasteiger partial charge < -0.3 is 10.6 Å². The van der Waals surface area contributed by atoms with Crippen molar-refractivity contribution in [3.05, 3.63) is 33.9 Å². The summed E-state index contributed by atoms with van der Waals surface area (Å²) in [5.74, 6) is -1.76. The van der Waals surface area contributed by atoms with Crippen LogP contribution in [0.15, 0.2) is 12.1 Å². The van der Waals surface area contributed by atoms with Crippen LogP contribution in [-0.4, -0.2) is 24.1 Å². The first kappa shape index (κ1) is 15.6. The first-order chi connectivity index (χ1) is 9.99. The van der Waals surface area contributed by atoms with Gasteiger partial charge >= 0.3 is 5.69 Å². The lowest BCUT2D eigenvalue weighted by Gasteiger charge is -2.33. The summed E-state index contributed by atoms with van der Waals surface area (Å²) in [6.07, 6.45) is 2.73. The average molecular weight is 299 g/mol. The second-order valence-electron chi connectivity index (χ2n) is 5.29. The van der Waals surface area contributed by atoms with E-state index in [0.717, 1.165) is 25.3 Å². The van der Waals surface area contributed by atoms with E-state index in [0.29, 0.717) is 19.2 Å². The lowest BCUT2D eigenvalue weighted by atomic mass is 10.0. The normalized spacial score (nSPS) is 21.5. The van der Waals surface area contributed by atoms with Crippen molar-refractivity contribution in [2.75, 3.05) is 18.0 Å². The monoisotopic (exact) mass is 299 g/mol. The third-order valence-electron chi connectivity index (χ3n) is 4.16. The third kappa shape index (κ3) is 2.97. The van der Waals surface area contributed by atoms with Gasteiger partial charge in [-0.05, 0) is 32.2 Å². The van der Waals surface area contributed by atoms with Gasteiger partial charge in [0.15, 0.2) is 0 Å². The number of rotatable bonds is 5. The van der Waals surface area contributed by atoms with Gasteiger partial charge in [-0.25, -0.2) is 4.39 Å². The van der Waals surface area contributed by atoms with Gasteiger partial charge in [0.25, 0.3) is 0 Å². The second kappa shape index (κ2) is 6.34. The Hall–Kier alpha value is -1.76. The Bertz CT molecular complexity index is 539. The van der Waals surface area contributed by atoms with Crippen LogP contribution in [-0.2, 0) is 0 Å². The van der Waals surface area contributed by atoms with Crippen LogP contribution in [0.25, 0.3) is 0 Å². The van der Waals surface area contributed by atoms with E-state index in [1.807, 2.05) is 6.92 Å². The first-order valence-electron chi connectivity index (χ1n) is 7.09. The van der Waals surface area contributed by atoms with Crippen molar-refractivity contribution in [3.63, 3.8) is 0 Å². The highest BCUT2D eigenvalue weighted by atomic mass is 19.1. The van der Waals surface area contributed by atoms with Crippen LogP contribution in [0.3, 0.4) is 0 Å². The molecule has 2 N–H and O–H groups in total. The summed E-state index contributed by atoms with van der Waals surface area (Å²) in [5, 5.41) is 11.1. The fraction of sp³-hybridized carbons (Fsp3) is 0.571. The number of halogens is 2. The number of nitro benzene ring substituents is 1. The number of anilines is 1. The molecule has 21 heavy (non-hydrogen) atoms. The Balaban J connectivity index is 2.49. The zero-order chi connectivity index (χ0) is 15.6. The van der Waals surface area contributed by atoms with E-state index in [2.05, 4.69) is 0 Å². The zero-order valence-electron chi connectivity index (χ0n) is 11.9. The number of nitrogens with two attached hydrogens (primary N) is 1. The van der Waals surface area contributed by atoms with E-state index in [1.54, 1.807) is 4.90 Å². The number of hydrogen-bond acceptors (Lipinski definition) is 4. The maximum absolute atomic E-state index is 13.8. The standard InChI is InChI=1S/C14H19F2N3O2/c1-2-18(12-5-3-4-9(12)8-17)13-7-10(15)6-11(16)14(13)19(20)21/h6-7,9,12H,2-5,8,17H2,1H3. The van der Waals surface area contributed by atoms with Gasteiger partial charge in [0, 0.05) is 24.7 Å². The van der Waals surface area contributed by atoms with Crippen LogP contribution in [0.4, 0.5) is 20.2 Å². The van der Waals surface area contributed by atoms with Crippen LogP contribution >= 0.6 is 0 Å². The Kier molecular flexibility index (Phi) is 4.72. The molecule has 116 valence electrons. The van der Waals surface area contributed by atoms with Crippen LogP contribution < -0.4 is 10.6 Å². The average Bonchev–Trinajstić information content (AvgIpc) is 2.86. The largest absolute Gasteiger partial charge is 0.363 e. The zero-order valence-corrected chi connectivity index (χ0v) is 11.9. The van der Waals surface area contributed by atoms with E-state index in [-0.39, 0.29) is 17.6 Å². The smallest absolute Gasteiger partial charge is 0.328 e. The van der Waals surface area contributed by atoms with Gasteiger partial charge in [-0.2, -0.15) is 4.39 Å². The van der Waals surface area contributed by atoms with Crippen molar-refractivity contribution in [3.8, 4) is 0 Å². The Morgan fingerprint density at radius 1 is 1.43 bits per heavy atom. The summed E-state index contributed by atoms with van der Waals surface area (Å²) in [4.78, 5) is 12.1.